The molecule has 114 valence electrons. The number of hydrogen-bond acceptors (Lipinski definition) is 2. The number of likely N-dealkylation sites (N-methyl/N-ethyl adjacent to an activating group) is 1. The average molecular weight is 289 g/mol. The number of rotatable bonds is 5. The lowest BCUT2D eigenvalue weighted by Crippen LogP contribution is -3.16. The Morgan fingerprint density at radius 3 is 2.19 bits per heavy atom. The molecule has 21 heavy (non-hydrogen) atoms. The first-order chi connectivity index (χ1) is 9.99. The molecule has 0 saturated carbocycles. The van der Waals surface area contributed by atoms with Gasteiger partial charge in [0.05, 0.1) is 25.2 Å². The standard InChI is InChI=1S/C17H24N2O2/c1-5-18(6-2)15-11-16(20)19(17(15)21)14-9-7-13(8-10-14)12(3)4/h7-10,12,15H,5-6,11H2,1-4H3/p+1/t15-/m1/s1. The van der Waals surface area contributed by atoms with Crippen LogP contribution >= 0.6 is 0 Å². The van der Waals surface area contributed by atoms with E-state index in [0.29, 0.717) is 18.0 Å². The Morgan fingerprint density at radius 2 is 1.71 bits per heavy atom. The third-order valence-corrected chi connectivity index (χ3v) is 4.37. The first-order valence-electron chi connectivity index (χ1n) is 7.80. The largest absolute Gasteiger partial charge is 0.325 e. The van der Waals surface area contributed by atoms with Crippen molar-refractivity contribution in [1.82, 2.24) is 0 Å². The maximum absolute atomic E-state index is 12.6. The van der Waals surface area contributed by atoms with Gasteiger partial charge in [-0.1, -0.05) is 26.0 Å². The highest BCUT2D eigenvalue weighted by atomic mass is 16.2. The fourth-order valence-electron chi connectivity index (χ4n) is 2.97. The number of hydrogen-bond donors (Lipinski definition) is 1. The molecule has 1 aliphatic rings. The topological polar surface area (TPSA) is 41.8 Å². The maximum atomic E-state index is 12.6. The molecule has 4 nitrogen and oxygen atoms in total. The van der Waals surface area contributed by atoms with E-state index in [1.165, 1.54) is 15.4 Å². The smallest absolute Gasteiger partial charge is 0.292 e. The van der Waals surface area contributed by atoms with E-state index in [4.69, 9.17) is 0 Å². The minimum absolute atomic E-state index is 0.0593. The van der Waals surface area contributed by atoms with Crippen LogP contribution in [-0.2, 0) is 9.59 Å². The van der Waals surface area contributed by atoms with Crippen LogP contribution in [0.25, 0.3) is 0 Å². The Kier molecular flexibility index (Phi) is 4.78. The van der Waals surface area contributed by atoms with E-state index in [1.54, 1.807) is 0 Å². The van der Waals surface area contributed by atoms with Crippen molar-refractivity contribution >= 4 is 17.5 Å². The highest BCUT2D eigenvalue weighted by Gasteiger charge is 2.44. The van der Waals surface area contributed by atoms with Crippen molar-refractivity contribution in [3.8, 4) is 0 Å². The molecule has 1 aromatic rings. The molecule has 1 atom stereocenters. The maximum Gasteiger partial charge on any atom is 0.292 e. The summed E-state index contributed by atoms with van der Waals surface area (Å²) >= 11 is 0. The second-order valence-corrected chi connectivity index (χ2v) is 5.94. The second-order valence-electron chi connectivity index (χ2n) is 5.94. The van der Waals surface area contributed by atoms with E-state index in [2.05, 4.69) is 27.7 Å². The molecule has 0 aliphatic carbocycles. The number of nitrogens with zero attached hydrogens (tertiary/aromatic N) is 1. The first kappa shape index (κ1) is 15.7. The predicted octanol–water partition coefficient (Wildman–Crippen LogP) is 1.37. The fourth-order valence-corrected chi connectivity index (χ4v) is 2.97. The lowest BCUT2D eigenvalue weighted by Gasteiger charge is -2.21. The molecular weight excluding hydrogens is 264 g/mol. The summed E-state index contributed by atoms with van der Waals surface area (Å²) in [5, 5.41) is 0. The number of benzene rings is 1. The van der Waals surface area contributed by atoms with Gasteiger partial charge in [-0.3, -0.25) is 9.59 Å². The average Bonchev–Trinajstić information content (AvgIpc) is 2.76. The number of carbonyl (C=O) groups is 2. The zero-order valence-electron chi connectivity index (χ0n) is 13.3. The lowest BCUT2D eigenvalue weighted by molar-refractivity contribution is -0.911. The van der Waals surface area contributed by atoms with Gasteiger partial charge in [0.25, 0.3) is 5.91 Å². The first-order valence-corrected chi connectivity index (χ1v) is 7.80. The molecule has 1 heterocycles. The molecule has 1 saturated heterocycles. The van der Waals surface area contributed by atoms with Crippen molar-refractivity contribution in [2.24, 2.45) is 0 Å². The number of carbonyl (C=O) groups excluding carboxylic acids is 2. The minimum Gasteiger partial charge on any atom is -0.325 e. The highest BCUT2D eigenvalue weighted by Crippen LogP contribution is 2.24. The molecule has 1 aliphatic heterocycles. The molecule has 0 spiro atoms. The summed E-state index contributed by atoms with van der Waals surface area (Å²) in [7, 11) is 0. The van der Waals surface area contributed by atoms with Crippen LogP contribution in [0.3, 0.4) is 0 Å². The van der Waals surface area contributed by atoms with Crippen LogP contribution in [0, 0.1) is 0 Å². The highest BCUT2D eigenvalue weighted by molar-refractivity contribution is 6.21. The van der Waals surface area contributed by atoms with E-state index in [1.807, 2.05) is 24.3 Å². The number of imide groups is 1. The van der Waals surface area contributed by atoms with Crippen molar-refractivity contribution < 1.29 is 14.5 Å². The van der Waals surface area contributed by atoms with Crippen LogP contribution in [0.15, 0.2) is 24.3 Å². The van der Waals surface area contributed by atoms with Gasteiger partial charge in [-0.15, -0.1) is 0 Å². The van der Waals surface area contributed by atoms with Crippen LogP contribution in [0.1, 0.15) is 45.6 Å². The molecule has 0 unspecified atom stereocenters. The molecule has 0 radical (unpaired) electrons. The molecule has 0 aromatic heterocycles. The van der Waals surface area contributed by atoms with Gasteiger partial charge in [0.1, 0.15) is 0 Å². The van der Waals surface area contributed by atoms with Gasteiger partial charge in [0.15, 0.2) is 6.04 Å². The van der Waals surface area contributed by atoms with Gasteiger partial charge in [0.2, 0.25) is 5.91 Å². The molecular formula is C17H25N2O2+. The van der Waals surface area contributed by atoms with E-state index in [0.717, 1.165) is 13.1 Å². The van der Waals surface area contributed by atoms with Gasteiger partial charge in [-0.05, 0) is 37.5 Å². The summed E-state index contributed by atoms with van der Waals surface area (Å²) < 4.78 is 0. The van der Waals surface area contributed by atoms with Crippen molar-refractivity contribution in [2.75, 3.05) is 18.0 Å². The van der Waals surface area contributed by atoms with Gasteiger partial charge in [-0.25, -0.2) is 4.90 Å². The number of nitrogens with one attached hydrogen (secondary N) is 1. The number of quaternary nitrogens is 1. The Hall–Kier alpha value is -1.68. The van der Waals surface area contributed by atoms with Crippen LogP contribution in [0.4, 0.5) is 5.69 Å². The monoisotopic (exact) mass is 289 g/mol. The van der Waals surface area contributed by atoms with Gasteiger partial charge >= 0.3 is 0 Å². The van der Waals surface area contributed by atoms with Gasteiger partial charge in [-0.2, -0.15) is 0 Å². The van der Waals surface area contributed by atoms with Crippen LogP contribution in [0.2, 0.25) is 0 Å². The molecule has 2 amide bonds. The predicted molar refractivity (Wildman–Crippen MR) is 83.5 cm³/mol. The molecule has 0 bridgehead atoms. The molecule has 1 aromatic carbocycles. The third kappa shape index (κ3) is 3.00. The second kappa shape index (κ2) is 6.39. The van der Waals surface area contributed by atoms with Crippen LogP contribution in [0.5, 0.6) is 0 Å². The Labute approximate surface area is 126 Å². The minimum atomic E-state index is -0.225. The fraction of sp³-hybridized carbons (Fsp3) is 0.529. The van der Waals surface area contributed by atoms with Crippen LogP contribution < -0.4 is 9.80 Å². The van der Waals surface area contributed by atoms with Crippen molar-refractivity contribution in [3.63, 3.8) is 0 Å². The van der Waals surface area contributed by atoms with Gasteiger partial charge < -0.3 is 4.90 Å². The summed E-state index contributed by atoms with van der Waals surface area (Å²) in [6.07, 6.45) is 0.321. The van der Waals surface area contributed by atoms with Gasteiger partial charge in [0, 0.05) is 0 Å². The Morgan fingerprint density at radius 1 is 1.14 bits per heavy atom. The zero-order valence-corrected chi connectivity index (χ0v) is 13.3. The number of amides is 2. The summed E-state index contributed by atoms with van der Waals surface area (Å²) in [4.78, 5) is 27.4. The normalized spacial score (nSPS) is 19.1. The molecule has 1 fully saturated rings. The third-order valence-electron chi connectivity index (χ3n) is 4.37. The SMILES string of the molecule is CC[NH+](CC)[C@@H]1CC(=O)N(c2ccc(C(C)C)cc2)C1=O. The summed E-state index contributed by atoms with van der Waals surface area (Å²) in [5.41, 5.74) is 1.91. The Bertz CT molecular complexity index is 518. The van der Waals surface area contributed by atoms with E-state index >= 15 is 0 Å². The zero-order chi connectivity index (χ0) is 15.6. The van der Waals surface area contributed by atoms with Crippen LogP contribution in [-0.4, -0.2) is 30.9 Å². The van der Waals surface area contributed by atoms with E-state index in [-0.39, 0.29) is 17.9 Å². The molecule has 2 rings (SSSR count). The molecule has 1 N–H and O–H groups in total. The number of anilines is 1. The summed E-state index contributed by atoms with van der Waals surface area (Å²) in [6, 6.07) is 7.53. The quantitative estimate of drug-likeness (QED) is 0.832. The van der Waals surface area contributed by atoms with Crippen molar-refractivity contribution in [1.29, 1.82) is 0 Å². The van der Waals surface area contributed by atoms with E-state index in [9.17, 15) is 9.59 Å². The molecule has 4 heteroatoms. The van der Waals surface area contributed by atoms with Crippen molar-refractivity contribution in [3.05, 3.63) is 29.8 Å². The van der Waals surface area contributed by atoms with Crippen molar-refractivity contribution in [2.45, 2.75) is 46.1 Å². The summed E-state index contributed by atoms with van der Waals surface area (Å²) in [6.45, 7) is 10.1. The Balaban J connectivity index is 2.24. The lowest BCUT2D eigenvalue weighted by atomic mass is 10.0. The summed E-state index contributed by atoms with van der Waals surface area (Å²) in [5.74, 6) is 0.301. The van der Waals surface area contributed by atoms with E-state index < -0.39 is 0 Å².